The predicted molar refractivity (Wildman–Crippen MR) is 80.3 cm³/mol. The second-order valence-corrected chi connectivity index (χ2v) is 6.26. The third kappa shape index (κ3) is 2.38. The SMILES string of the molecule is Cc1c(CCC#N)c2cc(C(C)(C)C)ccc2n1C. The van der Waals surface area contributed by atoms with Gasteiger partial charge in [0.15, 0.2) is 0 Å². The van der Waals surface area contributed by atoms with Crippen LogP contribution in [0.3, 0.4) is 0 Å². The topological polar surface area (TPSA) is 28.7 Å². The van der Waals surface area contributed by atoms with Crippen molar-refractivity contribution in [1.29, 1.82) is 5.26 Å². The van der Waals surface area contributed by atoms with Crippen molar-refractivity contribution in [3.8, 4) is 6.07 Å². The molecule has 0 spiro atoms. The molecule has 0 saturated carbocycles. The standard InChI is InChI=1S/C17H22N2/c1-12-14(7-6-10-18)15-11-13(17(2,3)4)8-9-16(15)19(12)5/h8-9,11H,6-7H2,1-5H3. The smallest absolute Gasteiger partial charge is 0.0625 e. The Kier molecular flexibility index (Phi) is 3.41. The summed E-state index contributed by atoms with van der Waals surface area (Å²) in [5, 5.41) is 10.1. The highest BCUT2D eigenvalue weighted by molar-refractivity contribution is 5.86. The summed E-state index contributed by atoms with van der Waals surface area (Å²) in [6, 6.07) is 8.98. The average Bonchev–Trinajstić information content (AvgIpc) is 2.59. The zero-order valence-corrected chi connectivity index (χ0v) is 12.5. The van der Waals surface area contributed by atoms with Crippen LogP contribution in [-0.2, 0) is 18.9 Å². The van der Waals surface area contributed by atoms with E-state index in [9.17, 15) is 0 Å². The van der Waals surface area contributed by atoms with E-state index in [1.165, 1.54) is 27.7 Å². The molecule has 0 radical (unpaired) electrons. The van der Waals surface area contributed by atoms with Gasteiger partial charge in [-0.2, -0.15) is 5.26 Å². The molecule has 0 aliphatic carbocycles. The fraction of sp³-hybridized carbons (Fsp3) is 0.471. The van der Waals surface area contributed by atoms with E-state index in [1.807, 2.05) is 0 Å². The Morgan fingerprint density at radius 1 is 1.26 bits per heavy atom. The molecule has 0 aliphatic heterocycles. The molecule has 0 saturated heterocycles. The molecule has 2 aromatic rings. The van der Waals surface area contributed by atoms with Crippen molar-refractivity contribution in [2.24, 2.45) is 7.05 Å². The number of hydrogen-bond donors (Lipinski definition) is 0. The maximum Gasteiger partial charge on any atom is 0.0625 e. The molecule has 2 rings (SSSR count). The molecule has 0 amide bonds. The van der Waals surface area contributed by atoms with E-state index in [-0.39, 0.29) is 5.41 Å². The van der Waals surface area contributed by atoms with Gasteiger partial charge in [-0.3, -0.25) is 0 Å². The van der Waals surface area contributed by atoms with Crippen LogP contribution >= 0.6 is 0 Å². The van der Waals surface area contributed by atoms with Crippen LogP contribution in [-0.4, -0.2) is 4.57 Å². The molecule has 0 N–H and O–H groups in total. The highest BCUT2D eigenvalue weighted by Crippen LogP contribution is 2.31. The van der Waals surface area contributed by atoms with Crippen molar-refractivity contribution in [1.82, 2.24) is 4.57 Å². The third-order valence-electron chi connectivity index (χ3n) is 3.98. The first-order valence-electron chi connectivity index (χ1n) is 6.81. The van der Waals surface area contributed by atoms with E-state index in [0.29, 0.717) is 6.42 Å². The molecule has 19 heavy (non-hydrogen) atoms. The molecule has 1 heterocycles. The van der Waals surface area contributed by atoms with Crippen molar-refractivity contribution in [2.75, 3.05) is 0 Å². The lowest BCUT2D eigenvalue weighted by Gasteiger charge is -2.19. The number of aromatic nitrogens is 1. The minimum absolute atomic E-state index is 0.157. The van der Waals surface area contributed by atoms with Crippen LogP contribution in [0.2, 0.25) is 0 Å². The van der Waals surface area contributed by atoms with Crippen LogP contribution < -0.4 is 0 Å². The molecule has 0 unspecified atom stereocenters. The highest BCUT2D eigenvalue weighted by atomic mass is 14.9. The molecule has 1 aromatic heterocycles. The zero-order chi connectivity index (χ0) is 14.2. The van der Waals surface area contributed by atoms with E-state index in [4.69, 9.17) is 5.26 Å². The first-order valence-corrected chi connectivity index (χ1v) is 6.81. The van der Waals surface area contributed by atoms with Gasteiger partial charge in [0.1, 0.15) is 0 Å². The summed E-state index contributed by atoms with van der Waals surface area (Å²) in [5.41, 5.74) is 5.37. The molecule has 2 heteroatoms. The fourth-order valence-corrected chi connectivity index (χ4v) is 2.61. The van der Waals surface area contributed by atoms with Crippen molar-refractivity contribution < 1.29 is 0 Å². The Morgan fingerprint density at radius 2 is 1.95 bits per heavy atom. The number of nitrogens with zero attached hydrogens (tertiary/aromatic N) is 2. The van der Waals surface area contributed by atoms with E-state index >= 15 is 0 Å². The molecule has 0 fully saturated rings. The maximum absolute atomic E-state index is 8.82. The Labute approximate surface area is 115 Å². The van der Waals surface area contributed by atoms with Crippen molar-refractivity contribution >= 4 is 10.9 Å². The van der Waals surface area contributed by atoms with E-state index in [0.717, 1.165) is 6.42 Å². The Hall–Kier alpha value is -1.75. The fourth-order valence-electron chi connectivity index (χ4n) is 2.61. The number of fused-ring (bicyclic) bond motifs is 1. The second kappa shape index (κ2) is 4.74. The van der Waals surface area contributed by atoms with Gasteiger partial charge in [-0.1, -0.05) is 26.8 Å². The summed E-state index contributed by atoms with van der Waals surface area (Å²) in [6.45, 7) is 8.85. The molecule has 1 aromatic carbocycles. The molecule has 0 bridgehead atoms. The molecule has 0 aliphatic rings. The van der Waals surface area contributed by atoms with Crippen LogP contribution in [0.25, 0.3) is 10.9 Å². The van der Waals surface area contributed by atoms with E-state index in [1.54, 1.807) is 0 Å². The minimum atomic E-state index is 0.157. The first kappa shape index (κ1) is 13.7. The normalized spacial score (nSPS) is 11.8. The summed E-state index contributed by atoms with van der Waals surface area (Å²) in [4.78, 5) is 0. The molecule has 0 atom stereocenters. The van der Waals surface area contributed by atoms with Gasteiger partial charge in [0, 0.05) is 30.1 Å². The summed E-state index contributed by atoms with van der Waals surface area (Å²) in [5.74, 6) is 0. The average molecular weight is 254 g/mol. The number of nitriles is 1. The lowest BCUT2D eigenvalue weighted by Crippen LogP contribution is -2.10. The van der Waals surface area contributed by atoms with Crippen LogP contribution in [0, 0.1) is 18.3 Å². The van der Waals surface area contributed by atoms with Crippen molar-refractivity contribution in [3.05, 3.63) is 35.0 Å². The highest BCUT2D eigenvalue weighted by Gasteiger charge is 2.17. The molecular weight excluding hydrogens is 232 g/mol. The molecule has 2 nitrogen and oxygen atoms in total. The summed E-state index contributed by atoms with van der Waals surface area (Å²) >= 11 is 0. The number of benzene rings is 1. The Bertz CT molecular complexity index is 648. The van der Waals surface area contributed by atoms with Gasteiger partial charge in [-0.25, -0.2) is 0 Å². The van der Waals surface area contributed by atoms with Gasteiger partial charge in [0.25, 0.3) is 0 Å². The number of hydrogen-bond acceptors (Lipinski definition) is 1. The quantitative estimate of drug-likeness (QED) is 0.788. The summed E-state index contributed by atoms with van der Waals surface area (Å²) < 4.78 is 2.23. The van der Waals surface area contributed by atoms with Crippen LogP contribution in [0.1, 0.15) is 44.0 Å². The Balaban J connectivity index is 2.66. The zero-order valence-electron chi connectivity index (χ0n) is 12.5. The number of rotatable bonds is 2. The number of aryl methyl sites for hydroxylation is 2. The van der Waals surface area contributed by atoms with Gasteiger partial charge < -0.3 is 4.57 Å². The summed E-state index contributed by atoms with van der Waals surface area (Å²) in [6.07, 6.45) is 1.42. The van der Waals surface area contributed by atoms with E-state index in [2.05, 4.69) is 63.6 Å². The van der Waals surface area contributed by atoms with Gasteiger partial charge in [0.2, 0.25) is 0 Å². The predicted octanol–water partition coefficient (Wildman–Crippen LogP) is 4.24. The van der Waals surface area contributed by atoms with Gasteiger partial charge in [-0.05, 0) is 42.0 Å². The lowest BCUT2D eigenvalue weighted by molar-refractivity contribution is 0.591. The molecule has 100 valence electrons. The van der Waals surface area contributed by atoms with Crippen LogP contribution in [0.5, 0.6) is 0 Å². The minimum Gasteiger partial charge on any atom is -0.348 e. The van der Waals surface area contributed by atoms with Crippen LogP contribution in [0.4, 0.5) is 0 Å². The monoisotopic (exact) mass is 254 g/mol. The van der Waals surface area contributed by atoms with Crippen LogP contribution in [0.15, 0.2) is 18.2 Å². The van der Waals surface area contributed by atoms with Crippen molar-refractivity contribution in [3.63, 3.8) is 0 Å². The summed E-state index contributed by atoms with van der Waals surface area (Å²) in [7, 11) is 2.10. The van der Waals surface area contributed by atoms with E-state index < -0.39 is 0 Å². The lowest BCUT2D eigenvalue weighted by atomic mass is 9.86. The third-order valence-corrected chi connectivity index (χ3v) is 3.98. The van der Waals surface area contributed by atoms with Gasteiger partial charge in [-0.15, -0.1) is 0 Å². The van der Waals surface area contributed by atoms with Crippen molar-refractivity contribution in [2.45, 2.75) is 46.0 Å². The second-order valence-electron chi connectivity index (χ2n) is 6.26. The van der Waals surface area contributed by atoms with Gasteiger partial charge in [0.05, 0.1) is 6.07 Å². The largest absolute Gasteiger partial charge is 0.348 e. The molecular formula is C17H22N2. The first-order chi connectivity index (χ1) is 8.86. The van der Waals surface area contributed by atoms with Gasteiger partial charge >= 0.3 is 0 Å². The maximum atomic E-state index is 8.82. The Morgan fingerprint density at radius 3 is 2.53 bits per heavy atom.